The highest BCUT2D eigenvalue weighted by Gasteiger charge is 1.92. The second-order valence-corrected chi connectivity index (χ2v) is 3.14. The van der Waals surface area contributed by atoms with Crippen LogP contribution in [0.4, 0.5) is 0 Å². The molecule has 0 fully saturated rings. The first kappa shape index (κ1) is 11.9. The summed E-state index contributed by atoms with van der Waals surface area (Å²) in [6.07, 6.45) is 2.32. The fraction of sp³-hybridized carbons (Fsp3) is 1.00. The van der Waals surface area contributed by atoms with Gasteiger partial charge in [-0.25, -0.2) is 0 Å². The van der Waals surface area contributed by atoms with Crippen molar-refractivity contribution in [1.29, 1.82) is 0 Å². The smallest absolute Gasteiger partial charge is 0.000981 e. The fourth-order valence-electron chi connectivity index (χ4n) is 0.984. The molecule has 0 aromatic rings. The highest BCUT2D eigenvalue weighted by atomic mass is 15.1. The first-order chi connectivity index (χ1) is 5.81. The molecule has 0 aliphatic heterocycles. The minimum absolute atomic E-state index is 0.794. The van der Waals surface area contributed by atoms with Gasteiger partial charge in [0, 0.05) is 0 Å². The molecule has 0 aliphatic carbocycles. The highest BCUT2D eigenvalue weighted by Crippen LogP contribution is 1.84. The van der Waals surface area contributed by atoms with Crippen LogP contribution in [0.1, 0.15) is 19.8 Å². The number of nitrogens with two attached hydrogens (primary N) is 1. The summed E-state index contributed by atoms with van der Waals surface area (Å²) in [5, 5.41) is 3.36. The summed E-state index contributed by atoms with van der Waals surface area (Å²) in [5.41, 5.74) is 5.36. The van der Waals surface area contributed by atoms with Gasteiger partial charge in [0.1, 0.15) is 0 Å². The van der Waals surface area contributed by atoms with Crippen LogP contribution in [0.25, 0.3) is 0 Å². The van der Waals surface area contributed by atoms with Crippen LogP contribution in [-0.2, 0) is 0 Å². The molecule has 0 aliphatic rings. The molecule has 3 heteroatoms. The molecular formula is C9H23N3. The molecule has 0 atom stereocenters. The van der Waals surface area contributed by atoms with Crippen LogP contribution in [0.3, 0.4) is 0 Å². The zero-order chi connectivity index (χ0) is 9.23. The summed E-state index contributed by atoms with van der Waals surface area (Å²) in [6, 6.07) is 0. The van der Waals surface area contributed by atoms with Gasteiger partial charge >= 0.3 is 0 Å². The minimum Gasteiger partial charge on any atom is -0.330 e. The van der Waals surface area contributed by atoms with Crippen molar-refractivity contribution in [3.63, 3.8) is 0 Å². The van der Waals surface area contributed by atoms with Crippen LogP contribution in [0, 0.1) is 0 Å². The lowest BCUT2D eigenvalue weighted by atomic mass is 10.3. The van der Waals surface area contributed by atoms with Crippen molar-refractivity contribution in [1.82, 2.24) is 10.2 Å². The maximum absolute atomic E-state index is 5.36. The molecule has 0 radical (unpaired) electrons. The van der Waals surface area contributed by atoms with E-state index in [2.05, 4.69) is 24.2 Å². The largest absolute Gasteiger partial charge is 0.330 e. The standard InChI is InChI=1S/C9H23N3/c1-3-12(2)9-5-8-11-7-4-6-10/h11H,3-10H2,1-2H3. The molecule has 0 heterocycles. The second kappa shape index (κ2) is 8.97. The van der Waals surface area contributed by atoms with Crippen molar-refractivity contribution in [2.24, 2.45) is 5.73 Å². The average molecular weight is 173 g/mol. The maximum atomic E-state index is 5.36. The Bertz CT molecular complexity index is 85.8. The van der Waals surface area contributed by atoms with E-state index in [1.54, 1.807) is 0 Å². The van der Waals surface area contributed by atoms with Crippen LogP contribution in [0.5, 0.6) is 0 Å². The van der Waals surface area contributed by atoms with Crippen LogP contribution >= 0.6 is 0 Å². The lowest BCUT2D eigenvalue weighted by Gasteiger charge is -2.13. The topological polar surface area (TPSA) is 41.3 Å². The summed E-state index contributed by atoms with van der Waals surface area (Å²) in [4.78, 5) is 2.32. The van der Waals surface area contributed by atoms with E-state index in [0.717, 1.165) is 32.6 Å². The molecule has 12 heavy (non-hydrogen) atoms. The van der Waals surface area contributed by atoms with Gasteiger partial charge in [0.15, 0.2) is 0 Å². The van der Waals surface area contributed by atoms with Gasteiger partial charge in [-0.3, -0.25) is 0 Å². The Morgan fingerprint density at radius 2 is 1.92 bits per heavy atom. The second-order valence-electron chi connectivity index (χ2n) is 3.14. The van der Waals surface area contributed by atoms with Crippen LogP contribution in [0.15, 0.2) is 0 Å². The molecule has 3 nitrogen and oxygen atoms in total. The molecule has 0 spiro atoms. The molecule has 0 saturated carbocycles. The molecule has 3 N–H and O–H groups in total. The van der Waals surface area contributed by atoms with Gasteiger partial charge in [-0.15, -0.1) is 0 Å². The van der Waals surface area contributed by atoms with Crippen molar-refractivity contribution in [2.75, 3.05) is 39.8 Å². The van der Waals surface area contributed by atoms with Crippen LogP contribution in [0.2, 0.25) is 0 Å². The zero-order valence-electron chi connectivity index (χ0n) is 8.47. The Labute approximate surface area is 76.3 Å². The van der Waals surface area contributed by atoms with Gasteiger partial charge in [-0.1, -0.05) is 6.92 Å². The van der Waals surface area contributed by atoms with E-state index in [9.17, 15) is 0 Å². The van der Waals surface area contributed by atoms with E-state index < -0.39 is 0 Å². The first-order valence-corrected chi connectivity index (χ1v) is 4.90. The van der Waals surface area contributed by atoms with Gasteiger partial charge in [-0.05, 0) is 52.6 Å². The third kappa shape index (κ3) is 7.98. The Hall–Kier alpha value is -0.120. The number of nitrogens with zero attached hydrogens (tertiary/aromatic N) is 1. The average Bonchev–Trinajstić information content (AvgIpc) is 2.10. The van der Waals surface area contributed by atoms with Crippen molar-refractivity contribution in [3.8, 4) is 0 Å². The van der Waals surface area contributed by atoms with E-state index >= 15 is 0 Å². The lowest BCUT2D eigenvalue weighted by molar-refractivity contribution is 0.344. The molecular weight excluding hydrogens is 150 g/mol. The number of nitrogens with one attached hydrogen (secondary N) is 1. The maximum Gasteiger partial charge on any atom is -0.000981 e. The summed E-state index contributed by atoms with van der Waals surface area (Å²) in [6.45, 7) is 7.48. The molecule has 0 bridgehead atoms. The monoisotopic (exact) mass is 173 g/mol. The summed E-state index contributed by atoms with van der Waals surface area (Å²) < 4.78 is 0. The molecule has 0 aromatic carbocycles. The van der Waals surface area contributed by atoms with Crippen molar-refractivity contribution in [3.05, 3.63) is 0 Å². The Balaban J connectivity index is 2.90. The van der Waals surface area contributed by atoms with Crippen molar-refractivity contribution < 1.29 is 0 Å². The van der Waals surface area contributed by atoms with E-state index in [1.807, 2.05) is 0 Å². The van der Waals surface area contributed by atoms with E-state index in [-0.39, 0.29) is 0 Å². The number of hydrogen-bond acceptors (Lipinski definition) is 3. The minimum atomic E-state index is 0.794. The highest BCUT2D eigenvalue weighted by molar-refractivity contribution is 4.52. The van der Waals surface area contributed by atoms with E-state index in [0.29, 0.717) is 0 Å². The number of hydrogen-bond donors (Lipinski definition) is 2. The van der Waals surface area contributed by atoms with Crippen LogP contribution < -0.4 is 11.1 Å². The third-order valence-corrected chi connectivity index (χ3v) is 1.99. The van der Waals surface area contributed by atoms with Gasteiger partial charge < -0.3 is 16.0 Å². The first-order valence-electron chi connectivity index (χ1n) is 4.90. The van der Waals surface area contributed by atoms with Gasteiger partial charge in [0.25, 0.3) is 0 Å². The summed E-state index contributed by atoms with van der Waals surface area (Å²) in [5.74, 6) is 0. The van der Waals surface area contributed by atoms with E-state index in [1.165, 1.54) is 13.0 Å². The van der Waals surface area contributed by atoms with Gasteiger partial charge in [0.2, 0.25) is 0 Å². The predicted molar refractivity (Wildman–Crippen MR) is 54.3 cm³/mol. The van der Waals surface area contributed by atoms with Gasteiger partial charge in [-0.2, -0.15) is 0 Å². The summed E-state index contributed by atoms with van der Waals surface area (Å²) >= 11 is 0. The Kier molecular flexibility index (Phi) is 8.88. The number of rotatable bonds is 8. The SMILES string of the molecule is CCN(C)CCCNCCCN. The molecule has 0 rings (SSSR count). The quantitative estimate of drug-likeness (QED) is 0.518. The fourth-order valence-corrected chi connectivity index (χ4v) is 0.984. The van der Waals surface area contributed by atoms with Crippen LogP contribution in [-0.4, -0.2) is 44.7 Å². The van der Waals surface area contributed by atoms with Crippen molar-refractivity contribution >= 4 is 0 Å². The molecule has 0 amide bonds. The molecule has 0 unspecified atom stereocenters. The zero-order valence-corrected chi connectivity index (χ0v) is 8.47. The summed E-state index contributed by atoms with van der Waals surface area (Å²) in [7, 11) is 2.15. The normalized spacial score (nSPS) is 11.0. The van der Waals surface area contributed by atoms with Gasteiger partial charge in [0.05, 0.1) is 0 Å². The lowest BCUT2D eigenvalue weighted by Crippen LogP contribution is -2.25. The molecule has 0 aromatic heterocycles. The Morgan fingerprint density at radius 1 is 1.25 bits per heavy atom. The molecule has 74 valence electrons. The third-order valence-electron chi connectivity index (χ3n) is 1.99. The van der Waals surface area contributed by atoms with E-state index in [4.69, 9.17) is 5.73 Å². The molecule has 0 saturated heterocycles. The predicted octanol–water partition coefficient (Wildman–Crippen LogP) is 0.267. The Morgan fingerprint density at radius 3 is 2.50 bits per heavy atom. The van der Waals surface area contributed by atoms with Crippen molar-refractivity contribution in [2.45, 2.75) is 19.8 Å².